The van der Waals surface area contributed by atoms with Crippen LogP contribution in [0.1, 0.15) is 69.2 Å². The van der Waals surface area contributed by atoms with E-state index in [2.05, 4.69) is 13.5 Å². The molecule has 0 saturated heterocycles. The molecule has 0 aromatic heterocycles. The van der Waals surface area contributed by atoms with Gasteiger partial charge in [-0.05, 0) is 25.5 Å². The summed E-state index contributed by atoms with van der Waals surface area (Å²) in [4.78, 5) is 33.5. The van der Waals surface area contributed by atoms with Crippen LogP contribution in [0.2, 0.25) is 0 Å². The second kappa shape index (κ2) is 12.3. The molecule has 1 rings (SSSR count). The third-order valence-electron chi connectivity index (χ3n) is 3.62. The van der Waals surface area contributed by atoms with E-state index in [0.717, 1.165) is 19.3 Å². The standard InChI is InChI=1S/C20H28O5/c1-4-5-6-7-8-12-15-18(23-19(21)16(2)3)24-25-20(22)17-13-10-9-11-14-17/h9-11,13-14,18H,2,4-8,12,15H2,1,3H3. The zero-order valence-corrected chi connectivity index (χ0v) is 15.2. The molecule has 0 heterocycles. The third-order valence-corrected chi connectivity index (χ3v) is 3.62. The molecule has 0 spiro atoms. The molecule has 1 aromatic rings. The molecule has 0 bridgehead atoms. The maximum Gasteiger partial charge on any atom is 0.373 e. The Hall–Kier alpha value is -2.14. The molecule has 0 aliphatic rings. The number of carbonyl (C=O) groups is 2. The zero-order valence-electron chi connectivity index (χ0n) is 15.2. The number of carbonyl (C=O) groups excluding carboxylic acids is 2. The van der Waals surface area contributed by atoms with Crippen molar-refractivity contribution in [3.05, 3.63) is 48.0 Å². The van der Waals surface area contributed by atoms with Crippen LogP contribution >= 0.6 is 0 Å². The van der Waals surface area contributed by atoms with Crippen LogP contribution in [0.5, 0.6) is 0 Å². The van der Waals surface area contributed by atoms with Crippen LogP contribution in [0.25, 0.3) is 0 Å². The first kappa shape index (κ1) is 20.9. The van der Waals surface area contributed by atoms with Crippen LogP contribution in [0.4, 0.5) is 0 Å². The maximum absolute atomic E-state index is 11.9. The van der Waals surface area contributed by atoms with E-state index in [1.165, 1.54) is 19.3 Å². The lowest BCUT2D eigenvalue weighted by Gasteiger charge is -2.16. The number of esters is 1. The van der Waals surface area contributed by atoms with Gasteiger partial charge in [0.05, 0.1) is 5.56 Å². The van der Waals surface area contributed by atoms with Gasteiger partial charge in [0, 0.05) is 12.0 Å². The lowest BCUT2D eigenvalue weighted by molar-refractivity contribution is -0.331. The molecule has 5 nitrogen and oxygen atoms in total. The molecule has 1 aromatic carbocycles. The van der Waals surface area contributed by atoms with E-state index in [4.69, 9.17) is 14.5 Å². The summed E-state index contributed by atoms with van der Waals surface area (Å²) in [6.45, 7) is 7.27. The van der Waals surface area contributed by atoms with E-state index in [0.29, 0.717) is 12.0 Å². The Morgan fingerprint density at radius 2 is 1.68 bits per heavy atom. The fourth-order valence-corrected chi connectivity index (χ4v) is 2.16. The number of benzene rings is 1. The van der Waals surface area contributed by atoms with Crippen molar-refractivity contribution in [3.8, 4) is 0 Å². The van der Waals surface area contributed by atoms with Gasteiger partial charge in [-0.1, -0.05) is 63.8 Å². The molecular weight excluding hydrogens is 320 g/mol. The Labute approximate surface area is 149 Å². The highest BCUT2D eigenvalue weighted by Crippen LogP contribution is 2.14. The zero-order chi connectivity index (χ0) is 18.5. The minimum Gasteiger partial charge on any atom is -0.428 e. The van der Waals surface area contributed by atoms with Crippen molar-refractivity contribution in [2.45, 2.75) is 65.1 Å². The minimum absolute atomic E-state index is 0.269. The van der Waals surface area contributed by atoms with Crippen LogP contribution in [0, 0.1) is 0 Å². The van der Waals surface area contributed by atoms with Crippen LogP contribution in [-0.2, 0) is 19.3 Å². The molecule has 0 amide bonds. The predicted molar refractivity (Wildman–Crippen MR) is 95.6 cm³/mol. The predicted octanol–water partition coefficient (Wildman–Crippen LogP) is 4.97. The van der Waals surface area contributed by atoms with Gasteiger partial charge in [0.15, 0.2) is 0 Å². The normalized spacial score (nSPS) is 11.6. The molecule has 0 saturated carbocycles. The Morgan fingerprint density at radius 1 is 1.04 bits per heavy atom. The van der Waals surface area contributed by atoms with Gasteiger partial charge in [-0.2, -0.15) is 0 Å². The van der Waals surface area contributed by atoms with E-state index in [1.54, 1.807) is 37.3 Å². The van der Waals surface area contributed by atoms with Gasteiger partial charge in [-0.15, -0.1) is 4.89 Å². The summed E-state index contributed by atoms with van der Waals surface area (Å²) < 4.78 is 5.19. The topological polar surface area (TPSA) is 61.8 Å². The smallest absolute Gasteiger partial charge is 0.373 e. The Morgan fingerprint density at radius 3 is 2.32 bits per heavy atom. The highest BCUT2D eigenvalue weighted by atomic mass is 17.2. The number of ether oxygens (including phenoxy) is 1. The molecule has 25 heavy (non-hydrogen) atoms. The first-order valence-electron chi connectivity index (χ1n) is 8.83. The molecular formula is C20H28O5. The molecule has 0 aliphatic heterocycles. The quantitative estimate of drug-likeness (QED) is 0.133. The van der Waals surface area contributed by atoms with Crippen molar-refractivity contribution in [3.63, 3.8) is 0 Å². The first-order valence-corrected chi connectivity index (χ1v) is 8.83. The Kier molecular flexibility index (Phi) is 10.2. The number of rotatable bonds is 12. The lowest BCUT2D eigenvalue weighted by atomic mass is 10.1. The summed E-state index contributed by atoms with van der Waals surface area (Å²) in [5.41, 5.74) is 0.637. The van der Waals surface area contributed by atoms with E-state index < -0.39 is 18.2 Å². The number of hydrogen-bond donors (Lipinski definition) is 0. The summed E-state index contributed by atoms with van der Waals surface area (Å²) in [6, 6.07) is 8.49. The monoisotopic (exact) mass is 348 g/mol. The third kappa shape index (κ3) is 9.05. The average Bonchev–Trinajstić information content (AvgIpc) is 2.62. The number of unbranched alkanes of at least 4 members (excludes halogenated alkanes) is 5. The van der Waals surface area contributed by atoms with Gasteiger partial charge in [-0.25, -0.2) is 9.59 Å². The largest absolute Gasteiger partial charge is 0.428 e. The van der Waals surface area contributed by atoms with Crippen LogP contribution in [-0.4, -0.2) is 18.2 Å². The Balaban J connectivity index is 2.45. The van der Waals surface area contributed by atoms with Crippen molar-refractivity contribution in [2.24, 2.45) is 0 Å². The van der Waals surface area contributed by atoms with E-state index in [-0.39, 0.29) is 5.57 Å². The maximum atomic E-state index is 11.9. The molecule has 1 unspecified atom stereocenters. The van der Waals surface area contributed by atoms with Crippen LogP contribution in [0.3, 0.4) is 0 Å². The molecule has 5 heteroatoms. The van der Waals surface area contributed by atoms with Gasteiger partial charge < -0.3 is 4.74 Å². The second-order valence-electron chi connectivity index (χ2n) is 6.00. The van der Waals surface area contributed by atoms with Crippen molar-refractivity contribution in [2.75, 3.05) is 0 Å². The fourth-order valence-electron chi connectivity index (χ4n) is 2.16. The van der Waals surface area contributed by atoms with E-state index >= 15 is 0 Å². The van der Waals surface area contributed by atoms with Crippen LogP contribution in [0.15, 0.2) is 42.5 Å². The lowest BCUT2D eigenvalue weighted by Crippen LogP contribution is -2.23. The van der Waals surface area contributed by atoms with Crippen LogP contribution < -0.4 is 0 Å². The van der Waals surface area contributed by atoms with Gasteiger partial charge >= 0.3 is 11.9 Å². The highest BCUT2D eigenvalue weighted by molar-refractivity contribution is 5.89. The van der Waals surface area contributed by atoms with E-state index in [1.807, 2.05) is 0 Å². The summed E-state index contributed by atoms with van der Waals surface area (Å²) in [6.07, 6.45) is 6.10. The molecule has 0 N–H and O–H groups in total. The highest BCUT2D eigenvalue weighted by Gasteiger charge is 2.19. The molecule has 1 atom stereocenters. The van der Waals surface area contributed by atoms with Crippen molar-refractivity contribution in [1.82, 2.24) is 0 Å². The van der Waals surface area contributed by atoms with Crippen molar-refractivity contribution >= 4 is 11.9 Å². The molecule has 138 valence electrons. The van der Waals surface area contributed by atoms with Gasteiger partial charge in [0.25, 0.3) is 0 Å². The van der Waals surface area contributed by atoms with Gasteiger partial charge in [-0.3, -0.25) is 4.89 Å². The van der Waals surface area contributed by atoms with Crippen molar-refractivity contribution in [1.29, 1.82) is 0 Å². The summed E-state index contributed by atoms with van der Waals surface area (Å²) in [5, 5.41) is 0. The van der Waals surface area contributed by atoms with E-state index in [9.17, 15) is 9.59 Å². The summed E-state index contributed by atoms with van der Waals surface area (Å²) >= 11 is 0. The summed E-state index contributed by atoms with van der Waals surface area (Å²) in [5.74, 6) is -1.19. The average molecular weight is 348 g/mol. The molecule has 0 aliphatic carbocycles. The minimum atomic E-state index is -0.928. The molecule has 0 radical (unpaired) electrons. The molecule has 0 fully saturated rings. The van der Waals surface area contributed by atoms with Gasteiger partial charge in [0.2, 0.25) is 6.29 Å². The SMILES string of the molecule is C=C(C)C(=O)OC(CCCCCCCC)OOC(=O)c1ccccc1. The number of hydrogen-bond acceptors (Lipinski definition) is 5. The summed E-state index contributed by atoms with van der Waals surface area (Å²) in [7, 11) is 0. The Bertz CT molecular complexity index is 538. The second-order valence-corrected chi connectivity index (χ2v) is 6.00. The van der Waals surface area contributed by atoms with Crippen molar-refractivity contribution < 1.29 is 24.1 Å². The fraction of sp³-hybridized carbons (Fsp3) is 0.500. The first-order chi connectivity index (χ1) is 12.0. The van der Waals surface area contributed by atoms with Gasteiger partial charge in [0.1, 0.15) is 0 Å².